The van der Waals surface area contributed by atoms with E-state index in [4.69, 9.17) is 0 Å². The highest BCUT2D eigenvalue weighted by atomic mass is 35.5. The number of carbonyl (C=O) groups excluding carboxylic acids is 1. The van der Waals surface area contributed by atoms with Gasteiger partial charge in [0.05, 0.1) is 6.61 Å². The van der Waals surface area contributed by atoms with Gasteiger partial charge in [-0.1, -0.05) is 30.3 Å². The van der Waals surface area contributed by atoms with Gasteiger partial charge in [-0.15, -0.1) is 12.4 Å². The van der Waals surface area contributed by atoms with Gasteiger partial charge in [0.15, 0.2) is 0 Å². The van der Waals surface area contributed by atoms with E-state index in [0.717, 1.165) is 32.5 Å². The molecule has 1 aromatic carbocycles. The summed E-state index contributed by atoms with van der Waals surface area (Å²) in [6.45, 7) is 8.13. The summed E-state index contributed by atoms with van der Waals surface area (Å²) in [5.41, 5.74) is 1.09. The predicted molar refractivity (Wildman–Crippen MR) is 103 cm³/mol. The maximum atomic E-state index is 12.7. The van der Waals surface area contributed by atoms with E-state index in [2.05, 4.69) is 30.9 Å². The van der Waals surface area contributed by atoms with Crippen LogP contribution in [-0.4, -0.2) is 59.6 Å². The zero-order chi connectivity index (χ0) is 17.2. The minimum absolute atomic E-state index is 0. The molecule has 140 valence electrons. The Hall–Kier alpha value is -1.10. The summed E-state index contributed by atoms with van der Waals surface area (Å²) < 4.78 is 0. The van der Waals surface area contributed by atoms with Gasteiger partial charge in [0.25, 0.3) is 0 Å². The monoisotopic (exact) mass is 366 g/mol. The quantitative estimate of drug-likeness (QED) is 0.871. The molecular formula is C20H31ClN2O2. The average Bonchev–Trinajstić information content (AvgIpc) is 3.00. The molecule has 0 spiro atoms. The Morgan fingerprint density at radius 1 is 1.28 bits per heavy atom. The molecule has 1 amide bonds. The third-order valence-electron chi connectivity index (χ3n) is 5.96. The minimum atomic E-state index is -0.120. The zero-order valence-corrected chi connectivity index (χ0v) is 16.2. The number of piperidine rings is 1. The van der Waals surface area contributed by atoms with Gasteiger partial charge in [0.2, 0.25) is 5.91 Å². The lowest BCUT2D eigenvalue weighted by Gasteiger charge is -2.44. The second-order valence-electron chi connectivity index (χ2n) is 7.83. The predicted octanol–water partition coefficient (Wildman–Crippen LogP) is 2.59. The highest BCUT2D eigenvalue weighted by Gasteiger charge is 2.50. The summed E-state index contributed by atoms with van der Waals surface area (Å²) in [6, 6.07) is 10.7. The van der Waals surface area contributed by atoms with E-state index < -0.39 is 0 Å². The van der Waals surface area contributed by atoms with E-state index in [-0.39, 0.29) is 30.3 Å². The molecule has 3 rings (SSSR count). The van der Waals surface area contributed by atoms with E-state index in [9.17, 15) is 9.90 Å². The fraction of sp³-hybridized carbons (Fsp3) is 0.650. The number of carbonyl (C=O) groups is 1. The number of rotatable bonds is 5. The third kappa shape index (κ3) is 4.36. The molecule has 2 aliphatic rings. The van der Waals surface area contributed by atoms with Crippen LogP contribution in [0.1, 0.15) is 32.3 Å². The van der Waals surface area contributed by atoms with E-state index in [1.165, 1.54) is 5.56 Å². The first-order valence-corrected chi connectivity index (χ1v) is 9.21. The van der Waals surface area contributed by atoms with E-state index >= 15 is 0 Å². The maximum absolute atomic E-state index is 12.7. The van der Waals surface area contributed by atoms with Gasteiger partial charge in [-0.3, -0.25) is 4.79 Å². The molecule has 0 saturated carbocycles. The molecule has 2 fully saturated rings. The van der Waals surface area contributed by atoms with Gasteiger partial charge >= 0.3 is 0 Å². The number of aliphatic hydroxyl groups is 1. The molecular weight excluding hydrogens is 336 g/mol. The van der Waals surface area contributed by atoms with Crippen molar-refractivity contribution in [3.63, 3.8) is 0 Å². The SMILES string of the molecule is CC(C)N1CC[C@@H]2CN(C(=O)CCc3ccccc3)C[C@]2(CO)C1.Cl. The highest BCUT2D eigenvalue weighted by molar-refractivity contribution is 5.85. The van der Waals surface area contributed by atoms with Gasteiger partial charge in [0, 0.05) is 37.5 Å². The van der Waals surface area contributed by atoms with Gasteiger partial charge in [-0.25, -0.2) is 0 Å². The molecule has 4 nitrogen and oxygen atoms in total. The van der Waals surface area contributed by atoms with Crippen molar-refractivity contribution in [1.82, 2.24) is 9.80 Å². The molecule has 2 atom stereocenters. The van der Waals surface area contributed by atoms with E-state index in [1.54, 1.807) is 0 Å². The van der Waals surface area contributed by atoms with Crippen LogP contribution in [-0.2, 0) is 11.2 Å². The molecule has 5 heteroatoms. The Morgan fingerprint density at radius 2 is 2.00 bits per heavy atom. The first-order valence-electron chi connectivity index (χ1n) is 9.21. The molecule has 1 N–H and O–H groups in total. The number of nitrogens with zero attached hydrogens (tertiary/aromatic N) is 2. The standard InChI is InChI=1S/C20H30N2O2.ClH/c1-16(2)21-11-10-18-12-22(14-20(18,13-21)15-23)19(24)9-8-17-6-4-3-5-7-17;/h3-7,16,18,23H,8-15H2,1-2H3;1H/t18-,20+;/m1./s1. The van der Waals surface area contributed by atoms with Crippen LogP contribution in [0.5, 0.6) is 0 Å². The fourth-order valence-electron chi connectivity index (χ4n) is 4.33. The number of likely N-dealkylation sites (tertiary alicyclic amines) is 2. The van der Waals surface area contributed by atoms with Crippen molar-refractivity contribution >= 4 is 18.3 Å². The Labute approximate surface area is 157 Å². The van der Waals surface area contributed by atoms with Crippen LogP contribution >= 0.6 is 12.4 Å². The van der Waals surface area contributed by atoms with Crippen LogP contribution in [0, 0.1) is 11.3 Å². The topological polar surface area (TPSA) is 43.8 Å². The second-order valence-corrected chi connectivity index (χ2v) is 7.83. The van der Waals surface area contributed by atoms with Crippen molar-refractivity contribution < 1.29 is 9.90 Å². The molecule has 2 heterocycles. The van der Waals surface area contributed by atoms with Crippen molar-refractivity contribution in [2.75, 3.05) is 32.8 Å². The normalized spacial score (nSPS) is 26.4. The van der Waals surface area contributed by atoms with Gasteiger partial charge < -0.3 is 14.9 Å². The van der Waals surface area contributed by atoms with E-state index in [0.29, 0.717) is 24.9 Å². The summed E-state index contributed by atoms with van der Waals surface area (Å²) >= 11 is 0. The lowest BCUT2D eigenvalue weighted by molar-refractivity contribution is -0.130. The largest absolute Gasteiger partial charge is 0.396 e. The van der Waals surface area contributed by atoms with Gasteiger partial charge in [0.1, 0.15) is 0 Å². The first kappa shape index (κ1) is 20.2. The summed E-state index contributed by atoms with van der Waals surface area (Å²) in [5, 5.41) is 10.1. The van der Waals surface area contributed by atoms with Crippen LogP contribution in [0.4, 0.5) is 0 Å². The minimum Gasteiger partial charge on any atom is -0.396 e. The third-order valence-corrected chi connectivity index (χ3v) is 5.96. The zero-order valence-electron chi connectivity index (χ0n) is 15.4. The van der Waals surface area contributed by atoms with Gasteiger partial charge in [-0.05, 0) is 44.7 Å². The molecule has 0 unspecified atom stereocenters. The van der Waals surface area contributed by atoms with Crippen LogP contribution in [0.3, 0.4) is 0 Å². The number of aryl methyl sites for hydroxylation is 1. The number of hydrogen-bond donors (Lipinski definition) is 1. The summed E-state index contributed by atoms with van der Waals surface area (Å²) in [6.07, 6.45) is 2.44. The molecule has 2 saturated heterocycles. The fourth-order valence-corrected chi connectivity index (χ4v) is 4.33. The second kappa shape index (κ2) is 8.52. The molecule has 1 aromatic rings. The molecule has 0 aliphatic carbocycles. The van der Waals surface area contributed by atoms with Crippen LogP contribution in [0.25, 0.3) is 0 Å². The van der Waals surface area contributed by atoms with Crippen molar-refractivity contribution in [2.24, 2.45) is 11.3 Å². The Morgan fingerprint density at radius 3 is 2.64 bits per heavy atom. The Kier molecular flexibility index (Phi) is 6.89. The summed E-state index contributed by atoms with van der Waals surface area (Å²) in [7, 11) is 0. The van der Waals surface area contributed by atoms with Crippen LogP contribution in [0.15, 0.2) is 30.3 Å². The summed E-state index contributed by atoms with van der Waals surface area (Å²) in [5.74, 6) is 0.676. The maximum Gasteiger partial charge on any atom is 0.222 e. The van der Waals surface area contributed by atoms with Crippen molar-refractivity contribution in [2.45, 2.75) is 39.2 Å². The highest BCUT2D eigenvalue weighted by Crippen LogP contribution is 2.42. The number of amides is 1. The number of fused-ring (bicyclic) bond motifs is 1. The number of aliphatic hydroxyl groups excluding tert-OH is 1. The molecule has 0 aromatic heterocycles. The molecule has 0 bridgehead atoms. The van der Waals surface area contributed by atoms with Crippen molar-refractivity contribution in [1.29, 1.82) is 0 Å². The number of benzene rings is 1. The Bertz CT molecular complexity index is 566. The van der Waals surface area contributed by atoms with E-state index in [1.807, 2.05) is 23.1 Å². The summed E-state index contributed by atoms with van der Waals surface area (Å²) in [4.78, 5) is 17.1. The lowest BCUT2D eigenvalue weighted by Crippen LogP contribution is -2.52. The first-order chi connectivity index (χ1) is 11.5. The Balaban J connectivity index is 0.00000225. The van der Waals surface area contributed by atoms with Gasteiger partial charge in [-0.2, -0.15) is 0 Å². The lowest BCUT2D eigenvalue weighted by atomic mass is 9.73. The average molecular weight is 367 g/mol. The molecule has 25 heavy (non-hydrogen) atoms. The van der Waals surface area contributed by atoms with Crippen LogP contribution in [0.2, 0.25) is 0 Å². The smallest absolute Gasteiger partial charge is 0.222 e. The number of halogens is 1. The van der Waals surface area contributed by atoms with Crippen LogP contribution < -0.4 is 0 Å². The molecule has 2 aliphatic heterocycles. The van der Waals surface area contributed by atoms with Crippen molar-refractivity contribution in [3.8, 4) is 0 Å². The number of hydrogen-bond acceptors (Lipinski definition) is 3. The van der Waals surface area contributed by atoms with Crippen molar-refractivity contribution in [3.05, 3.63) is 35.9 Å². The molecule has 0 radical (unpaired) electrons.